The molecule has 0 spiro atoms. The van der Waals surface area contributed by atoms with E-state index in [2.05, 4.69) is 16.0 Å². The second-order valence-corrected chi connectivity index (χ2v) is 7.93. The first-order valence-corrected chi connectivity index (χ1v) is 10.6. The molecule has 0 radical (unpaired) electrons. The molecule has 1 aromatic rings. The Bertz CT molecular complexity index is 752. The maximum absolute atomic E-state index is 13.2. The number of hydrogen-bond donors (Lipinski definition) is 4. The van der Waals surface area contributed by atoms with Gasteiger partial charge in [0.05, 0.1) is 25.2 Å². The Labute approximate surface area is 176 Å². The molecule has 0 saturated heterocycles. The van der Waals surface area contributed by atoms with Gasteiger partial charge in [0.1, 0.15) is 11.9 Å². The highest BCUT2D eigenvalue weighted by Gasteiger charge is 2.29. The van der Waals surface area contributed by atoms with Crippen LogP contribution in [-0.4, -0.2) is 48.4 Å². The van der Waals surface area contributed by atoms with Crippen molar-refractivity contribution in [2.24, 2.45) is 5.92 Å². The van der Waals surface area contributed by atoms with Gasteiger partial charge in [0, 0.05) is 12.2 Å². The maximum atomic E-state index is 13.2. The third-order valence-corrected chi connectivity index (χ3v) is 5.54. The first kappa shape index (κ1) is 22.2. The fraction of sp³-hybridized carbons (Fsp3) is 0.545. The van der Waals surface area contributed by atoms with Gasteiger partial charge in [-0.3, -0.25) is 4.79 Å². The summed E-state index contributed by atoms with van der Waals surface area (Å²) in [5, 5.41) is 17.9. The van der Waals surface area contributed by atoms with Crippen LogP contribution in [0.4, 0.5) is 14.9 Å². The Morgan fingerprint density at radius 3 is 2.70 bits per heavy atom. The molecule has 164 valence electrons. The number of ether oxygens (including phenoxy) is 1. The molecule has 1 heterocycles. The fourth-order valence-corrected chi connectivity index (χ4v) is 3.93. The Balaban J connectivity index is 1.46. The number of nitrogens with one attached hydrogen (secondary N) is 3. The van der Waals surface area contributed by atoms with Gasteiger partial charge in [-0.25, -0.2) is 9.18 Å². The molecule has 3 rings (SSSR count). The molecule has 4 N–H and O–H groups in total. The van der Waals surface area contributed by atoms with Gasteiger partial charge in [-0.15, -0.1) is 0 Å². The maximum Gasteiger partial charge on any atom is 0.319 e. The van der Waals surface area contributed by atoms with Crippen LogP contribution in [0.2, 0.25) is 0 Å². The van der Waals surface area contributed by atoms with Crippen LogP contribution >= 0.6 is 0 Å². The van der Waals surface area contributed by atoms with Gasteiger partial charge < -0.3 is 25.8 Å². The van der Waals surface area contributed by atoms with Gasteiger partial charge in [0.25, 0.3) is 0 Å². The molecule has 0 bridgehead atoms. The average Bonchev–Trinajstić information content (AvgIpc) is 2.74. The Hall–Kier alpha value is -2.45. The van der Waals surface area contributed by atoms with Crippen molar-refractivity contribution < 1.29 is 23.8 Å². The van der Waals surface area contributed by atoms with Crippen molar-refractivity contribution >= 4 is 17.6 Å². The largest absolute Gasteiger partial charge is 0.394 e. The lowest BCUT2D eigenvalue weighted by atomic mass is 9.89. The summed E-state index contributed by atoms with van der Waals surface area (Å²) < 4.78 is 19.0. The van der Waals surface area contributed by atoms with E-state index in [1.807, 2.05) is 0 Å². The lowest BCUT2D eigenvalue weighted by Gasteiger charge is -2.31. The lowest BCUT2D eigenvalue weighted by Crippen LogP contribution is -2.50. The first-order chi connectivity index (χ1) is 14.5. The molecule has 0 unspecified atom stereocenters. The Kier molecular flexibility index (Phi) is 8.21. The van der Waals surface area contributed by atoms with Crippen LogP contribution in [0.3, 0.4) is 0 Å². The fourth-order valence-electron chi connectivity index (χ4n) is 3.93. The molecule has 30 heavy (non-hydrogen) atoms. The predicted molar refractivity (Wildman–Crippen MR) is 111 cm³/mol. The number of aliphatic hydroxyl groups is 1. The second-order valence-electron chi connectivity index (χ2n) is 7.93. The minimum Gasteiger partial charge on any atom is -0.394 e. The Morgan fingerprint density at radius 2 is 1.97 bits per heavy atom. The van der Waals surface area contributed by atoms with E-state index in [4.69, 9.17) is 4.74 Å². The molecule has 1 aromatic carbocycles. The van der Waals surface area contributed by atoms with E-state index < -0.39 is 30.1 Å². The van der Waals surface area contributed by atoms with Crippen LogP contribution < -0.4 is 16.0 Å². The number of benzene rings is 1. The molecular weight excluding hydrogens is 389 g/mol. The van der Waals surface area contributed by atoms with Crippen LogP contribution in [0.15, 0.2) is 36.4 Å². The molecule has 1 aliphatic heterocycles. The highest BCUT2D eigenvalue weighted by atomic mass is 19.1. The summed E-state index contributed by atoms with van der Waals surface area (Å²) in [6, 6.07) is 4.45. The molecule has 1 fully saturated rings. The quantitative estimate of drug-likeness (QED) is 0.511. The zero-order valence-electron chi connectivity index (χ0n) is 17.0. The third-order valence-electron chi connectivity index (χ3n) is 5.54. The molecule has 0 aromatic heterocycles. The summed E-state index contributed by atoms with van der Waals surface area (Å²) in [4.78, 5) is 24.4. The van der Waals surface area contributed by atoms with E-state index in [0.717, 1.165) is 12.8 Å². The number of urea groups is 1. The number of rotatable bonds is 7. The topological polar surface area (TPSA) is 99.7 Å². The molecule has 3 amide bonds. The van der Waals surface area contributed by atoms with Crippen LogP contribution in [0.25, 0.3) is 0 Å². The van der Waals surface area contributed by atoms with Gasteiger partial charge in [0.2, 0.25) is 5.91 Å². The van der Waals surface area contributed by atoms with Crippen molar-refractivity contribution in [3.63, 3.8) is 0 Å². The summed E-state index contributed by atoms with van der Waals surface area (Å²) in [7, 11) is 0. The zero-order valence-corrected chi connectivity index (χ0v) is 17.0. The van der Waals surface area contributed by atoms with Crippen molar-refractivity contribution in [2.45, 2.75) is 56.8 Å². The monoisotopic (exact) mass is 419 g/mol. The molecule has 1 aliphatic carbocycles. The van der Waals surface area contributed by atoms with Gasteiger partial charge in [-0.05, 0) is 37.0 Å². The molecule has 8 heteroatoms. The molecular formula is C22H30FN3O4. The van der Waals surface area contributed by atoms with Crippen LogP contribution in [0.1, 0.15) is 38.5 Å². The van der Waals surface area contributed by atoms with Crippen molar-refractivity contribution in [1.29, 1.82) is 0 Å². The summed E-state index contributed by atoms with van der Waals surface area (Å²) >= 11 is 0. The molecule has 2 aliphatic rings. The number of halogens is 1. The van der Waals surface area contributed by atoms with Gasteiger partial charge in [0.15, 0.2) is 0 Å². The van der Waals surface area contributed by atoms with Gasteiger partial charge in [-0.2, -0.15) is 0 Å². The van der Waals surface area contributed by atoms with Crippen molar-refractivity contribution in [3.05, 3.63) is 42.2 Å². The van der Waals surface area contributed by atoms with Crippen LogP contribution in [0.5, 0.6) is 0 Å². The highest BCUT2D eigenvalue weighted by Crippen LogP contribution is 2.23. The average molecular weight is 419 g/mol. The third kappa shape index (κ3) is 6.81. The number of carbonyl (C=O) groups is 2. The Morgan fingerprint density at radius 1 is 1.17 bits per heavy atom. The summed E-state index contributed by atoms with van der Waals surface area (Å²) in [5.74, 6) is 0.0228. The van der Waals surface area contributed by atoms with Crippen molar-refractivity contribution in [1.82, 2.24) is 10.6 Å². The number of hydrogen-bond acceptors (Lipinski definition) is 4. The van der Waals surface area contributed by atoms with E-state index >= 15 is 0 Å². The highest BCUT2D eigenvalue weighted by molar-refractivity contribution is 5.89. The summed E-state index contributed by atoms with van der Waals surface area (Å²) in [6.07, 6.45) is 8.54. The normalized spacial score (nSPS) is 24.3. The van der Waals surface area contributed by atoms with E-state index in [-0.39, 0.29) is 18.9 Å². The van der Waals surface area contributed by atoms with E-state index in [9.17, 15) is 19.1 Å². The number of anilines is 1. The van der Waals surface area contributed by atoms with E-state index in [1.54, 1.807) is 18.2 Å². The minimum absolute atomic E-state index is 0.0813. The van der Waals surface area contributed by atoms with Crippen molar-refractivity contribution in [3.8, 4) is 0 Å². The number of carbonyl (C=O) groups excluding carboxylic acids is 2. The number of amides is 3. The van der Waals surface area contributed by atoms with Gasteiger partial charge >= 0.3 is 6.03 Å². The van der Waals surface area contributed by atoms with Crippen LogP contribution in [-0.2, 0) is 9.53 Å². The molecule has 3 atom stereocenters. The number of aliphatic hydroxyl groups excluding tert-OH is 1. The smallest absolute Gasteiger partial charge is 0.319 e. The first-order valence-electron chi connectivity index (χ1n) is 10.6. The summed E-state index contributed by atoms with van der Waals surface area (Å²) in [6.45, 7) is 0.387. The molecule has 1 saturated carbocycles. The van der Waals surface area contributed by atoms with Crippen molar-refractivity contribution in [2.75, 3.05) is 18.5 Å². The zero-order chi connectivity index (χ0) is 21.3. The lowest BCUT2D eigenvalue weighted by molar-refractivity contribution is -0.125. The van der Waals surface area contributed by atoms with Gasteiger partial charge in [-0.1, -0.05) is 37.5 Å². The SMILES string of the molecule is O=C(C[C@H]1C=C[C@H](NC(=O)Nc2cccc(F)c2)[C@@H](CO)O1)NCC1CCCCC1. The molecule has 7 nitrogen and oxygen atoms in total. The summed E-state index contributed by atoms with van der Waals surface area (Å²) in [5.41, 5.74) is 0.321. The van der Waals surface area contributed by atoms with Crippen LogP contribution in [0, 0.1) is 11.7 Å². The standard InChI is InChI=1S/C22H30FN3O4/c23-16-7-4-8-17(11-16)25-22(29)26-19-10-9-18(30-20(19)14-27)12-21(28)24-13-15-5-2-1-3-6-15/h4,7-11,15,18-20,27H,1-3,5-6,12-14H2,(H,24,28)(H2,25,26,29)/t18-,19+,20-/m1/s1. The van der Waals surface area contributed by atoms with E-state index in [0.29, 0.717) is 18.2 Å². The predicted octanol–water partition coefficient (Wildman–Crippen LogP) is 2.72. The minimum atomic E-state index is -0.676. The van der Waals surface area contributed by atoms with E-state index in [1.165, 1.54) is 37.5 Å². The second kappa shape index (κ2) is 11.1.